The van der Waals surface area contributed by atoms with Gasteiger partial charge in [-0.1, -0.05) is 35.3 Å². The molecule has 0 fully saturated rings. The first-order valence-corrected chi connectivity index (χ1v) is 8.19. The van der Waals surface area contributed by atoms with E-state index in [1.807, 2.05) is 31.2 Å². The molecule has 0 aliphatic rings. The molecule has 0 spiro atoms. The summed E-state index contributed by atoms with van der Waals surface area (Å²) in [6.45, 7) is 1.96. The van der Waals surface area contributed by atoms with E-state index in [0.29, 0.717) is 21.6 Å². The van der Waals surface area contributed by atoms with Crippen LogP contribution in [0.4, 0.5) is 17.2 Å². The lowest BCUT2D eigenvalue weighted by molar-refractivity contribution is 0.102. The molecule has 126 valence electrons. The van der Waals surface area contributed by atoms with E-state index in [-0.39, 0.29) is 11.6 Å². The van der Waals surface area contributed by atoms with Crippen molar-refractivity contribution in [2.75, 3.05) is 10.6 Å². The van der Waals surface area contributed by atoms with Crippen LogP contribution in [0, 0.1) is 6.92 Å². The molecule has 5 nitrogen and oxygen atoms in total. The second kappa shape index (κ2) is 7.51. The minimum absolute atomic E-state index is 0.223. The van der Waals surface area contributed by atoms with Gasteiger partial charge in [0, 0.05) is 11.4 Å². The highest BCUT2D eigenvalue weighted by Crippen LogP contribution is 2.26. The summed E-state index contributed by atoms with van der Waals surface area (Å²) in [4.78, 5) is 20.5. The molecule has 7 heteroatoms. The molecule has 1 heterocycles. The first kappa shape index (κ1) is 17.2. The van der Waals surface area contributed by atoms with Crippen LogP contribution in [-0.4, -0.2) is 15.9 Å². The number of nitrogens with one attached hydrogen (secondary N) is 2. The summed E-state index contributed by atoms with van der Waals surface area (Å²) in [7, 11) is 0. The number of nitrogens with zero attached hydrogens (tertiary/aromatic N) is 2. The lowest BCUT2D eigenvalue weighted by Gasteiger charge is -2.08. The molecule has 2 aromatic carbocycles. The quantitative estimate of drug-likeness (QED) is 0.669. The highest BCUT2D eigenvalue weighted by Gasteiger charge is 2.09. The molecule has 1 aromatic heterocycles. The van der Waals surface area contributed by atoms with Gasteiger partial charge in [0.05, 0.1) is 22.4 Å². The Labute approximate surface area is 155 Å². The zero-order chi connectivity index (χ0) is 17.8. The second-order valence-electron chi connectivity index (χ2n) is 5.36. The van der Waals surface area contributed by atoms with Crippen molar-refractivity contribution in [2.24, 2.45) is 0 Å². The minimum Gasteiger partial charge on any atom is -0.339 e. The number of aromatic nitrogens is 2. The van der Waals surface area contributed by atoms with E-state index in [1.54, 1.807) is 18.2 Å². The average Bonchev–Trinajstić information content (AvgIpc) is 2.59. The van der Waals surface area contributed by atoms with Crippen molar-refractivity contribution in [3.63, 3.8) is 0 Å². The van der Waals surface area contributed by atoms with E-state index < -0.39 is 0 Å². The third-order valence-electron chi connectivity index (χ3n) is 3.35. The van der Waals surface area contributed by atoms with E-state index in [9.17, 15) is 4.79 Å². The van der Waals surface area contributed by atoms with E-state index in [0.717, 1.165) is 11.3 Å². The van der Waals surface area contributed by atoms with Crippen molar-refractivity contribution in [1.29, 1.82) is 0 Å². The molecule has 0 saturated carbocycles. The fourth-order valence-corrected chi connectivity index (χ4v) is 2.45. The zero-order valence-electron chi connectivity index (χ0n) is 13.3. The number of carbonyl (C=O) groups excluding carboxylic acids is 1. The molecule has 1 amide bonds. The zero-order valence-corrected chi connectivity index (χ0v) is 14.8. The first-order chi connectivity index (χ1) is 12.0. The van der Waals surface area contributed by atoms with Crippen LogP contribution in [0.5, 0.6) is 0 Å². The fraction of sp³-hybridized carbons (Fsp3) is 0.0556. The average molecular weight is 373 g/mol. The van der Waals surface area contributed by atoms with Crippen LogP contribution >= 0.6 is 23.2 Å². The fourth-order valence-electron chi connectivity index (χ4n) is 2.15. The number of hydrogen-bond donors (Lipinski definition) is 2. The van der Waals surface area contributed by atoms with Crippen LogP contribution in [0.3, 0.4) is 0 Å². The van der Waals surface area contributed by atoms with Crippen LogP contribution in [0.25, 0.3) is 0 Å². The van der Waals surface area contributed by atoms with E-state index >= 15 is 0 Å². The molecule has 0 aliphatic heterocycles. The number of carbonyl (C=O) groups is 1. The highest BCUT2D eigenvalue weighted by molar-refractivity contribution is 6.42. The van der Waals surface area contributed by atoms with Crippen LogP contribution in [0.2, 0.25) is 10.0 Å². The van der Waals surface area contributed by atoms with Gasteiger partial charge in [-0.3, -0.25) is 4.79 Å². The van der Waals surface area contributed by atoms with Gasteiger partial charge < -0.3 is 10.6 Å². The lowest BCUT2D eigenvalue weighted by atomic mass is 10.2. The molecule has 0 aliphatic carbocycles. The maximum atomic E-state index is 12.2. The third-order valence-corrected chi connectivity index (χ3v) is 4.09. The Hall–Kier alpha value is -2.63. The van der Waals surface area contributed by atoms with Crippen LogP contribution in [0.1, 0.15) is 16.1 Å². The van der Waals surface area contributed by atoms with E-state index in [1.165, 1.54) is 12.4 Å². The lowest BCUT2D eigenvalue weighted by Crippen LogP contribution is -2.14. The van der Waals surface area contributed by atoms with Gasteiger partial charge in [-0.15, -0.1) is 0 Å². The van der Waals surface area contributed by atoms with Crippen molar-refractivity contribution in [1.82, 2.24) is 9.97 Å². The molecular formula is C18H14Cl2N4O. The molecule has 0 atom stereocenters. The summed E-state index contributed by atoms with van der Waals surface area (Å²) in [5, 5.41) is 6.75. The van der Waals surface area contributed by atoms with Crippen molar-refractivity contribution in [3.8, 4) is 0 Å². The number of hydrogen-bond acceptors (Lipinski definition) is 4. The van der Waals surface area contributed by atoms with Gasteiger partial charge in [0.25, 0.3) is 5.91 Å². The predicted octanol–water partition coefficient (Wildman–Crippen LogP) is 5.09. The Kier molecular flexibility index (Phi) is 5.16. The number of amides is 1. The van der Waals surface area contributed by atoms with Crippen molar-refractivity contribution in [3.05, 3.63) is 76.2 Å². The molecule has 2 N–H and O–H groups in total. The Bertz CT molecular complexity index is 913. The van der Waals surface area contributed by atoms with Gasteiger partial charge in [-0.25, -0.2) is 9.97 Å². The van der Waals surface area contributed by atoms with Gasteiger partial charge in [0.2, 0.25) is 0 Å². The molecule has 3 rings (SSSR count). The molecule has 25 heavy (non-hydrogen) atoms. The smallest absolute Gasteiger partial charge is 0.275 e. The van der Waals surface area contributed by atoms with Crippen LogP contribution in [-0.2, 0) is 0 Å². The highest BCUT2D eigenvalue weighted by atomic mass is 35.5. The largest absolute Gasteiger partial charge is 0.339 e. The number of aryl methyl sites for hydroxylation is 1. The Morgan fingerprint density at radius 1 is 0.960 bits per heavy atom. The Balaban J connectivity index is 1.69. The number of benzene rings is 2. The number of halogens is 2. The molecule has 0 bridgehead atoms. The van der Waals surface area contributed by atoms with Crippen LogP contribution in [0.15, 0.2) is 54.9 Å². The molecular weight excluding hydrogens is 359 g/mol. The molecule has 0 saturated heterocycles. The summed E-state index contributed by atoms with van der Waals surface area (Å²) in [6, 6.07) is 12.7. The van der Waals surface area contributed by atoms with Gasteiger partial charge in [-0.05, 0) is 42.8 Å². The van der Waals surface area contributed by atoms with Gasteiger partial charge >= 0.3 is 0 Å². The van der Waals surface area contributed by atoms with Crippen LogP contribution < -0.4 is 10.6 Å². The standard InChI is InChI=1S/C18H14Cl2N4O/c1-11-3-2-4-12(7-11)24-18(25)16-9-22-17(10-21-16)23-13-5-6-14(19)15(20)8-13/h2-10H,1H3,(H,22,23)(H,24,25). The van der Waals surface area contributed by atoms with E-state index in [4.69, 9.17) is 23.2 Å². The van der Waals surface area contributed by atoms with Gasteiger partial charge in [0.15, 0.2) is 0 Å². The van der Waals surface area contributed by atoms with Gasteiger partial charge in [0.1, 0.15) is 11.5 Å². The normalized spacial score (nSPS) is 10.4. The SMILES string of the molecule is Cc1cccc(NC(=O)c2cnc(Nc3ccc(Cl)c(Cl)c3)cn2)c1. The monoisotopic (exact) mass is 372 g/mol. The van der Waals surface area contributed by atoms with E-state index in [2.05, 4.69) is 20.6 Å². The molecule has 0 radical (unpaired) electrons. The van der Waals surface area contributed by atoms with Gasteiger partial charge in [-0.2, -0.15) is 0 Å². The summed E-state index contributed by atoms with van der Waals surface area (Å²) in [5.74, 6) is 0.171. The topological polar surface area (TPSA) is 66.9 Å². The Morgan fingerprint density at radius 2 is 1.80 bits per heavy atom. The molecule has 3 aromatic rings. The number of rotatable bonds is 4. The van der Waals surface area contributed by atoms with Crippen molar-refractivity contribution in [2.45, 2.75) is 6.92 Å². The Morgan fingerprint density at radius 3 is 2.48 bits per heavy atom. The summed E-state index contributed by atoms with van der Waals surface area (Å²) < 4.78 is 0. The van der Waals surface area contributed by atoms with Crippen molar-refractivity contribution >= 4 is 46.3 Å². The maximum Gasteiger partial charge on any atom is 0.275 e. The summed E-state index contributed by atoms with van der Waals surface area (Å²) in [6.07, 6.45) is 2.89. The van der Waals surface area contributed by atoms with Crippen molar-refractivity contribution < 1.29 is 4.79 Å². The second-order valence-corrected chi connectivity index (χ2v) is 6.18. The third kappa shape index (κ3) is 4.47. The first-order valence-electron chi connectivity index (χ1n) is 7.43. The minimum atomic E-state index is -0.320. The maximum absolute atomic E-state index is 12.2. The number of anilines is 3. The predicted molar refractivity (Wildman–Crippen MR) is 101 cm³/mol. The molecule has 0 unspecified atom stereocenters. The summed E-state index contributed by atoms with van der Waals surface area (Å²) >= 11 is 11.9. The summed E-state index contributed by atoms with van der Waals surface area (Å²) in [5.41, 5.74) is 2.72.